The van der Waals surface area contributed by atoms with Crippen molar-refractivity contribution < 1.29 is 23.4 Å². The van der Waals surface area contributed by atoms with Crippen molar-refractivity contribution in [3.63, 3.8) is 0 Å². The zero-order valence-electron chi connectivity index (χ0n) is 23.1. The molecule has 0 fully saturated rings. The Morgan fingerprint density at radius 2 is 1.59 bits per heavy atom. The van der Waals surface area contributed by atoms with E-state index in [9.17, 15) is 9.18 Å². The maximum atomic E-state index is 14.7. The van der Waals surface area contributed by atoms with Gasteiger partial charge < -0.3 is 14.2 Å². The molecule has 3 aromatic carbocycles. The molecule has 0 aliphatic heterocycles. The van der Waals surface area contributed by atoms with Crippen LogP contribution in [0, 0.1) is 11.7 Å². The van der Waals surface area contributed by atoms with Crippen molar-refractivity contribution in [3.05, 3.63) is 82.7 Å². The van der Waals surface area contributed by atoms with Gasteiger partial charge in [0.05, 0.1) is 20.1 Å². The summed E-state index contributed by atoms with van der Waals surface area (Å²) in [6.07, 6.45) is 3.55. The number of methoxy groups -OCH3 is 2. The fourth-order valence-electron chi connectivity index (χ4n) is 4.41. The zero-order valence-corrected chi connectivity index (χ0v) is 23.1. The average Bonchev–Trinajstić information content (AvgIpc) is 3.35. The number of hydrogen-bond acceptors (Lipinski definition) is 4. The van der Waals surface area contributed by atoms with Crippen LogP contribution >= 0.6 is 0 Å². The van der Waals surface area contributed by atoms with Crippen molar-refractivity contribution in [2.24, 2.45) is 5.92 Å². The fourth-order valence-corrected chi connectivity index (χ4v) is 4.41. The van der Waals surface area contributed by atoms with Gasteiger partial charge in [0.2, 0.25) is 0 Å². The van der Waals surface area contributed by atoms with E-state index in [1.807, 2.05) is 12.1 Å². The van der Waals surface area contributed by atoms with Crippen molar-refractivity contribution in [2.45, 2.75) is 65.9 Å². The summed E-state index contributed by atoms with van der Waals surface area (Å²) in [6, 6.07) is 17.5. The summed E-state index contributed by atoms with van der Waals surface area (Å²) in [7, 11) is 2.99. The van der Waals surface area contributed by atoms with Gasteiger partial charge >= 0.3 is 5.97 Å². The predicted octanol–water partition coefficient (Wildman–Crippen LogP) is 7.68. The number of esters is 1. The summed E-state index contributed by atoms with van der Waals surface area (Å²) in [6.45, 7) is 10.5. The third kappa shape index (κ3) is 7.34. The molecule has 0 saturated carbocycles. The summed E-state index contributed by atoms with van der Waals surface area (Å²) >= 11 is 0. The number of benzene rings is 3. The lowest BCUT2D eigenvalue weighted by atomic mass is 9.81. The highest BCUT2D eigenvalue weighted by molar-refractivity contribution is 5.71. The number of ether oxygens (including phenoxy) is 3. The Morgan fingerprint density at radius 1 is 0.892 bits per heavy atom. The first-order valence-corrected chi connectivity index (χ1v) is 12.8. The van der Waals surface area contributed by atoms with Crippen LogP contribution in [0.15, 0.2) is 54.6 Å². The van der Waals surface area contributed by atoms with Gasteiger partial charge in [0, 0.05) is 5.56 Å². The minimum atomic E-state index is -0.247. The number of carbonyl (C=O) groups excluding carboxylic acids is 1. The van der Waals surface area contributed by atoms with Crippen LogP contribution in [-0.4, -0.2) is 20.2 Å². The van der Waals surface area contributed by atoms with E-state index >= 15 is 0 Å². The molecule has 0 saturated heterocycles. The predicted molar refractivity (Wildman–Crippen MR) is 147 cm³/mol. The van der Waals surface area contributed by atoms with Crippen LogP contribution in [0.2, 0.25) is 0 Å². The molecule has 0 unspecified atom stereocenters. The SMILES string of the molecule is COC(=O)C(C)C.COc1ccc(F)c(-c2ccc(COc3ccc4c(c3)CCC4)cc2C(C)(C)C)c1. The van der Waals surface area contributed by atoms with E-state index in [4.69, 9.17) is 9.47 Å². The minimum absolute atomic E-state index is 0.00463. The van der Waals surface area contributed by atoms with Crippen molar-refractivity contribution in [1.82, 2.24) is 0 Å². The second kappa shape index (κ2) is 12.3. The monoisotopic (exact) mass is 506 g/mol. The van der Waals surface area contributed by atoms with Gasteiger partial charge in [0.15, 0.2) is 0 Å². The summed E-state index contributed by atoms with van der Waals surface area (Å²) in [5.41, 5.74) is 6.32. The quantitative estimate of drug-likeness (QED) is 0.322. The van der Waals surface area contributed by atoms with E-state index in [1.54, 1.807) is 33.1 Å². The fraction of sp³-hybridized carbons (Fsp3) is 0.406. The highest BCUT2D eigenvalue weighted by Crippen LogP contribution is 2.37. The first-order chi connectivity index (χ1) is 17.5. The van der Waals surface area contributed by atoms with Crippen LogP contribution in [0.1, 0.15) is 63.3 Å². The van der Waals surface area contributed by atoms with E-state index in [0.717, 1.165) is 28.9 Å². The first kappa shape index (κ1) is 28.2. The molecule has 0 amide bonds. The number of halogens is 1. The molecule has 198 valence electrons. The minimum Gasteiger partial charge on any atom is -0.497 e. The Morgan fingerprint density at radius 3 is 2.22 bits per heavy atom. The highest BCUT2D eigenvalue weighted by Gasteiger charge is 2.22. The molecule has 0 aromatic heterocycles. The third-order valence-electron chi connectivity index (χ3n) is 6.50. The van der Waals surface area contributed by atoms with E-state index in [-0.39, 0.29) is 23.1 Å². The van der Waals surface area contributed by atoms with Gasteiger partial charge in [-0.05, 0) is 82.8 Å². The molecule has 0 atom stereocenters. The van der Waals surface area contributed by atoms with E-state index in [1.165, 1.54) is 37.1 Å². The van der Waals surface area contributed by atoms with Gasteiger partial charge in [-0.3, -0.25) is 4.79 Å². The number of aryl methyl sites for hydroxylation is 2. The lowest BCUT2D eigenvalue weighted by molar-refractivity contribution is -0.144. The first-order valence-electron chi connectivity index (χ1n) is 12.8. The van der Waals surface area contributed by atoms with E-state index < -0.39 is 0 Å². The smallest absolute Gasteiger partial charge is 0.308 e. The van der Waals surface area contributed by atoms with Crippen molar-refractivity contribution in [1.29, 1.82) is 0 Å². The summed E-state index contributed by atoms with van der Waals surface area (Å²) in [5.74, 6) is 1.17. The van der Waals surface area contributed by atoms with Gasteiger partial charge in [-0.15, -0.1) is 0 Å². The molecule has 1 aliphatic rings. The number of carbonyl (C=O) groups is 1. The highest BCUT2D eigenvalue weighted by atomic mass is 19.1. The molecule has 1 aliphatic carbocycles. The van der Waals surface area contributed by atoms with E-state index in [0.29, 0.717) is 17.9 Å². The summed E-state index contributed by atoms with van der Waals surface area (Å²) < 4.78 is 30.4. The Balaban J connectivity index is 0.000000479. The van der Waals surface area contributed by atoms with Gasteiger partial charge in [0.1, 0.15) is 23.9 Å². The normalized spacial score (nSPS) is 12.5. The second-order valence-corrected chi connectivity index (χ2v) is 10.7. The molecule has 0 bridgehead atoms. The molecule has 4 nitrogen and oxygen atoms in total. The van der Waals surface area contributed by atoms with Crippen LogP contribution in [0.25, 0.3) is 11.1 Å². The molecule has 5 heteroatoms. The van der Waals surface area contributed by atoms with Gasteiger partial charge in [-0.2, -0.15) is 0 Å². The molecular weight excluding hydrogens is 467 g/mol. The average molecular weight is 507 g/mol. The Hall–Kier alpha value is -3.34. The second-order valence-electron chi connectivity index (χ2n) is 10.7. The lowest BCUT2D eigenvalue weighted by Crippen LogP contribution is -2.14. The molecule has 4 rings (SSSR count). The van der Waals surface area contributed by atoms with Gasteiger partial charge in [-0.25, -0.2) is 4.39 Å². The number of hydrogen-bond donors (Lipinski definition) is 0. The molecular formula is C32H39FO4. The maximum absolute atomic E-state index is 14.7. The topological polar surface area (TPSA) is 44.8 Å². The molecule has 0 N–H and O–H groups in total. The van der Waals surface area contributed by atoms with E-state index in [2.05, 4.69) is 49.8 Å². The van der Waals surface area contributed by atoms with Crippen molar-refractivity contribution in [3.8, 4) is 22.6 Å². The Kier molecular flexibility index (Phi) is 9.36. The molecule has 37 heavy (non-hydrogen) atoms. The number of fused-ring (bicyclic) bond motifs is 1. The van der Waals surface area contributed by atoms with Crippen molar-refractivity contribution >= 4 is 5.97 Å². The Bertz CT molecular complexity index is 1220. The van der Waals surface area contributed by atoms with Gasteiger partial charge in [0.25, 0.3) is 0 Å². The largest absolute Gasteiger partial charge is 0.497 e. The summed E-state index contributed by atoms with van der Waals surface area (Å²) in [5, 5.41) is 0. The van der Waals surface area contributed by atoms with Crippen molar-refractivity contribution in [2.75, 3.05) is 14.2 Å². The van der Waals surface area contributed by atoms with Crippen LogP contribution in [-0.2, 0) is 34.4 Å². The number of rotatable bonds is 6. The molecule has 0 radical (unpaired) electrons. The Labute approximate surface area is 220 Å². The molecule has 0 spiro atoms. The van der Waals surface area contributed by atoms with Crippen LogP contribution < -0.4 is 9.47 Å². The summed E-state index contributed by atoms with van der Waals surface area (Å²) in [4.78, 5) is 10.3. The zero-order chi connectivity index (χ0) is 27.2. The van der Waals surface area contributed by atoms with Gasteiger partial charge in [-0.1, -0.05) is 58.9 Å². The molecule has 3 aromatic rings. The molecule has 0 heterocycles. The van der Waals surface area contributed by atoms with Crippen LogP contribution in [0.3, 0.4) is 0 Å². The standard InChI is InChI=1S/C27H29FO2.C5H10O2/c1-27(2,3)25-14-18(17-30-22-10-9-19-6-5-7-20(19)15-22)8-12-23(25)24-16-21(29-4)11-13-26(24)28;1-4(2)5(6)7-3/h8-16H,5-7,17H2,1-4H3;4H,1-3H3. The third-order valence-corrected chi connectivity index (χ3v) is 6.50. The maximum Gasteiger partial charge on any atom is 0.308 e. The van der Waals surface area contributed by atoms with Crippen LogP contribution in [0.4, 0.5) is 4.39 Å². The van der Waals surface area contributed by atoms with Crippen LogP contribution in [0.5, 0.6) is 11.5 Å². The lowest BCUT2D eigenvalue weighted by Gasteiger charge is -2.24.